The summed E-state index contributed by atoms with van der Waals surface area (Å²) in [4.78, 5) is 18.1. The minimum atomic E-state index is -0.0579. The number of benzene rings is 2. The number of rotatable bonds is 5. The molecule has 1 fully saturated rings. The predicted molar refractivity (Wildman–Crippen MR) is 116 cm³/mol. The van der Waals surface area contributed by atoms with Crippen molar-refractivity contribution in [3.63, 3.8) is 0 Å². The molecule has 0 aliphatic carbocycles. The fourth-order valence-corrected chi connectivity index (χ4v) is 4.40. The summed E-state index contributed by atoms with van der Waals surface area (Å²) >= 11 is 0. The first kappa shape index (κ1) is 18.2. The Kier molecular flexibility index (Phi) is 4.73. The summed E-state index contributed by atoms with van der Waals surface area (Å²) in [6, 6.07) is 13.8. The molecule has 2 aromatic heterocycles. The largest absolute Gasteiger partial charge is 0.491 e. The van der Waals surface area contributed by atoms with Gasteiger partial charge in [0.05, 0.1) is 36.4 Å². The first-order chi connectivity index (χ1) is 14.2. The van der Waals surface area contributed by atoms with Crippen molar-refractivity contribution in [3.8, 4) is 5.75 Å². The fourth-order valence-electron chi connectivity index (χ4n) is 4.40. The SMILES string of the molecule is Cn1c2c(OCCCN3CCOCC3)cccc2c2[nH]c(=O)c3ccccc3c21. The molecule has 0 saturated carbocycles. The highest BCUT2D eigenvalue weighted by Gasteiger charge is 2.17. The Labute approximate surface area is 168 Å². The van der Waals surface area contributed by atoms with Gasteiger partial charge in [0, 0.05) is 42.8 Å². The molecule has 1 aliphatic rings. The fraction of sp³-hybridized carbons (Fsp3) is 0.348. The van der Waals surface area contributed by atoms with Crippen molar-refractivity contribution >= 4 is 32.7 Å². The molecule has 4 aromatic rings. The van der Waals surface area contributed by atoms with Crippen LogP contribution in [0.25, 0.3) is 32.7 Å². The number of hydrogen-bond acceptors (Lipinski definition) is 4. The third kappa shape index (κ3) is 3.18. The Morgan fingerprint density at radius 2 is 1.76 bits per heavy atom. The summed E-state index contributed by atoms with van der Waals surface area (Å²) in [5, 5.41) is 2.68. The molecule has 150 valence electrons. The van der Waals surface area contributed by atoms with Gasteiger partial charge < -0.3 is 19.0 Å². The van der Waals surface area contributed by atoms with E-state index in [-0.39, 0.29) is 5.56 Å². The number of fused-ring (bicyclic) bond motifs is 5. The zero-order valence-electron chi connectivity index (χ0n) is 16.6. The number of aromatic nitrogens is 2. The normalized spacial score (nSPS) is 15.5. The van der Waals surface area contributed by atoms with Crippen LogP contribution in [0.15, 0.2) is 47.3 Å². The summed E-state index contributed by atoms with van der Waals surface area (Å²) in [7, 11) is 2.04. The number of para-hydroxylation sites is 1. The lowest BCUT2D eigenvalue weighted by Crippen LogP contribution is -2.37. The van der Waals surface area contributed by atoms with Gasteiger partial charge in [0.25, 0.3) is 5.56 Å². The molecule has 1 N–H and O–H groups in total. The van der Waals surface area contributed by atoms with E-state index in [0.717, 1.165) is 72.3 Å². The molecule has 2 aromatic carbocycles. The minimum absolute atomic E-state index is 0.0579. The van der Waals surface area contributed by atoms with Crippen LogP contribution in [0.5, 0.6) is 5.75 Å². The molecule has 0 spiro atoms. The summed E-state index contributed by atoms with van der Waals surface area (Å²) in [6.07, 6.45) is 0.972. The third-order valence-electron chi connectivity index (χ3n) is 5.82. The van der Waals surface area contributed by atoms with Crippen LogP contribution in [-0.4, -0.2) is 53.9 Å². The molecule has 1 saturated heterocycles. The smallest absolute Gasteiger partial charge is 0.256 e. The second-order valence-electron chi connectivity index (χ2n) is 7.59. The van der Waals surface area contributed by atoms with Crippen molar-refractivity contribution in [1.29, 1.82) is 0 Å². The molecule has 0 unspecified atom stereocenters. The van der Waals surface area contributed by atoms with E-state index < -0.39 is 0 Å². The molecule has 5 rings (SSSR count). The van der Waals surface area contributed by atoms with Crippen molar-refractivity contribution in [2.24, 2.45) is 7.05 Å². The number of aryl methyl sites for hydroxylation is 1. The van der Waals surface area contributed by atoms with Crippen LogP contribution in [0.1, 0.15) is 6.42 Å². The van der Waals surface area contributed by atoms with Gasteiger partial charge in [-0.25, -0.2) is 0 Å². The predicted octanol–water partition coefficient (Wildman–Crippen LogP) is 3.27. The average Bonchev–Trinajstić information content (AvgIpc) is 3.05. The van der Waals surface area contributed by atoms with Crippen LogP contribution in [0, 0.1) is 0 Å². The Bertz CT molecular complexity index is 1240. The van der Waals surface area contributed by atoms with Crippen molar-refractivity contribution in [3.05, 3.63) is 52.8 Å². The van der Waals surface area contributed by atoms with Crippen LogP contribution < -0.4 is 10.3 Å². The molecular formula is C23H25N3O3. The average molecular weight is 391 g/mol. The highest BCUT2D eigenvalue weighted by molar-refractivity contribution is 6.16. The van der Waals surface area contributed by atoms with Crippen LogP contribution in [0.2, 0.25) is 0 Å². The number of hydrogen-bond donors (Lipinski definition) is 1. The second kappa shape index (κ2) is 7.54. The van der Waals surface area contributed by atoms with Crippen LogP contribution in [0.4, 0.5) is 0 Å². The van der Waals surface area contributed by atoms with E-state index in [0.29, 0.717) is 12.0 Å². The zero-order valence-corrected chi connectivity index (χ0v) is 16.6. The van der Waals surface area contributed by atoms with Gasteiger partial charge in [-0.15, -0.1) is 0 Å². The Balaban J connectivity index is 1.49. The lowest BCUT2D eigenvalue weighted by atomic mass is 10.1. The first-order valence-corrected chi connectivity index (χ1v) is 10.2. The molecule has 3 heterocycles. The molecule has 0 amide bonds. The van der Waals surface area contributed by atoms with Gasteiger partial charge in [0.15, 0.2) is 0 Å². The maximum Gasteiger partial charge on any atom is 0.256 e. The molecule has 6 nitrogen and oxygen atoms in total. The van der Waals surface area contributed by atoms with E-state index in [1.165, 1.54) is 0 Å². The van der Waals surface area contributed by atoms with Gasteiger partial charge in [0.1, 0.15) is 5.75 Å². The molecule has 1 aliphatic heterocycles. The molecule has 6 heteroatoms. The molecule has 0 atom stereocenters. The molecule has 0 radical (unpaired) electrons. The Morgan fingerprint density at radius 3 is 2.59 bits per heavy atom. The molecular weight excluding hydrogens is 366 g/mol. The number of morpholine rings is 1. The maximum atomic E-state index is 12.6. The Hall–Kier alpha value is -2.83. The number of H-pyrrole nitrogens is 1. The Morgan fingerprint density at radius 1 is 1.00 bits per heavy atom. The van der Waals surface area contributed by atoms with Gasteiger partial charge in [-0.3, -0.25) is 9.69 Å². The quantitative estimate of drug-likeness (QED) is 0.531. The van der Waals surface area contributed by atoms with E-state index >= 15 is 0 Å². The van der Waals surface area contributed by atoms with E-state index in [1.807, 2.05) is 49.5 Å². The molecule has 29 heavy (non-hydrogen) atoms. The topological polar surface area (TPSA) is 59.5 Å². The second-order valence-corrected chi connectivity index (χ2v) is 7.59. The lowest BCUT2D eigenvalue weighted by Gasteiger charge is -2.26. The van der Waals surface area contributed by atoms with Crippen molar-refractivity contribution in [2.75, 3.05) is 39.5 Å². The highest BCUT2D eigenvalue weighted by atomic mass is 16.5. The summed E-state index contributed by atoms with van der Waals surface area (Å²) < 4.78 is 13.7. The number of nitrogens with one attached hydrogen (secondary N) is 1. The maximum absolute atomic E-state index is 12.6. The van der Waals surface area contributed by atoms with Crippen LogP contribution >= 0.6 is 0 Å². The van der Waals surface area contributed by atoms with Crippen molar-refractivity contribution < 1.29 is 9.47 Å². The summed E-state index contributed by atoms with van der Waals surface area (Å²) in [6.45, 7) is 5.32. The number of pyridine rings is 1. The lowest BCUT2D eigenvalue weighted by molar-refractivity contribution is 0.0358. The van der Waals surface area contributed by atoms with Crippen molar-refractivity contribution in [2.45, 2.75) is 6.42 Å². The zero-order chi connectivity index (χ0) is 19.8. The van der Waals surface area contributed by atoms with E-state index in [1.54, 1.807) is 0 Å². The monoisotopic (exact) mass is 391 g/mol. The minimum Gasteiger partial charge on any atom is -0.491 e. The number of nitrogens with zero attached hydrogens (tertiary/aromatic N) is 2. The van der Waals surface area contributed by atoms with Gasteiger partial charge >= 0.3 is 0 Å². The highest BCUT2D eigenvalue weighted by Crippen LogP contribution is 2.35. The van der Waals surface area contributed by atoms with Gasteiger partial charge in [-0.2, -0.15) is 0 Å². The van der Waals surface area contributed by atoms with Crippen LogP contribution in [0.3, 0.4) is 0 Å². The van der Waals surface area contributed by atoms with Gasteiger partial charge in [-0.05, 0) is 18.6 Å². The standard InChI is InChI=1S/C23H25N3O3/c1-25-21-18(20-22(25)16-6-2-3-7-17(16)23(27)24-20)8-4-9-19(21)29-13-5-10-26-11-14-28-15-12-26/h2-4,6-9H,5,10-15H2,1H3,(H,24,27). The van der Waals surface area contributed by atoms with E-state index in [9.17, 15) is 4.79 Å². The first-order valence-electron chi connectivity index (χ1n) is 10.2. The van der Waals surface area contributed by atoms with Crippen molar-refractivity contribution in [1.82, 2.24) is 14.5 Å². The van der Waals surface area contributed by atoms with Gasteiger partial charge in [-0.1, -0.05) is 30.3 Å². The van der Waals surface area contributed by atoms with E-state index in [2.05, 4.69) is 14.5 Å². The third-order valence-corrected chi connectivity index (χ3v) is 5.82. The summed E-state index contributed by atoms with van der Waals surface area (Å²) in [5.41, 5.74) is 2.85. The van der Waals surface area contributed by atoms with E-state index in [4.69, 9.17) is 9.47 Å². The number of ether oxygens (including phenoxy) is 2. The van der Waals surface area contributed by atoms with Crippen LogP contribution in [-0.2, 0) is 11.8 Å². The van der Waals surface area contributed by atoms with Gasteiger partial charge in [0.2, 0.25) is 0 Å². The molecule has 0 bridgehead atoms. The number of aromatic amines is 1. The summed E-state index contributed by atoms with van der Waals surface area (Å²) in [5.74, 6) is 0.855.